The van der Waals surface area contributed by atoms with Crippen LogP contribution in [0.2, 0.25) is 0 Å². The summed E-state index contributed by atoms with van der Waals surface area (Å²) in [5, 5.41) is 20.4. The maximum Gasteiger partial charge on any atom is 0.270 e. The fourth-order valence-corrected chi connectivity index (χ4v) is 1.86. The molecule has 8 heteroatoms. The molecule has 0 aliphatic heterocycles. The van der Waals surface area contributed by atoms with Gasteiger partial charge in [0.15, 0.2) is 0 Å². The molecule has 0 bridgehead atoms. The van der Waals surface area contributed by atoms with E-state index in [0.717, 1.165) is 0 Å². The van der Waals surface area contributed by atoms with Crippen LogP contribution < -0.4 is 10.6 Å². The first kappa shape index (κ1) is 14.5. The molecule has 21 heavy (non-hydrogen) atoms. The number of aromatic nitrogens is 2. The molecule has 1 aromatic carbocycles. The van der Waals surface area contributed by atoms with Crippen molar-refractivity contribution in [3.05, 3.63) is 52.3 Å². The van der Waals surface area contributed by atoms with Crippen LogP contribution in [0.15, 0.2) is 36.7 Å². The van der Waals surface area contributed by atoms with Crippen LogP contribution in [0.25, 0.3) is 0 Å². The molecule has 1 amide bonds. The first-order chi connectivity index (χ1) is 10.1. The summed E-state index contributed by atoms with van der Waals surface area (Å²) in [7, 11) is 1.65. The van der Waals surface area contributed by atoms with E-state index in [2.05, 4.69) is 15.7 Å². The van der Waals surface area contributed by atoms with Crippen LogP contribution in [0, 0.1) is 10.1 Å². The Morgan fingerprint density at radius 1 is 1.48 bits per heavy atom. The average molecular weight is 289 g/mol. The first-order valence-corrected chi connectivity index (χ1v) is 6.33. The van der Waals surface area contributed by atoms with Crippen LogP contribution in [0.1, 0.15) is 10.4 Å². The molecule has 0 saturated heterocycles. The van der Waals surface area contributed by atoms with Gasteiger partial charge in [0, 0.05) is 43.8 Å². The van der Waals surface area contributed by atoms with Crippen molar-refractivity contribution in [3.8, 4) is 0 Å². The fraction of sp³-hybridized carbons (Fsp3) is 0.231. The number of nitrogens with zero attached hydrogens (tertiary/aromatic N) is 3. The number of carbonyl (C=O) groups is 1. The highest BCUT2D eigenvalue weighted by molar-refractivity contribution is 6.00. The molecule has 0 unspecified atom stereocenters. The zero-order chi connectivity index (χ0) is 15.2. The molecule has 110 valence electrons. The zero-order valence-corrected chi connectivity index (χ0v) is 11.4. The first-order valence-electron chi connectivity index (χ1n) is 6.33. The Morgan fingerprint density at radius 2 is 2.29 bits per heavy atom. The fourth-order valence-electron chi connectivity index (χ4n) is 1.86. The highest BCUT2D eigenvalue weighted by Crippen LogP contribution is 2.21. The summed E-state index contributed by atoms with van der Waals surface area (Å²) in [6, 6.07) is 5.92. The summed E-state index contributed by atoms with van der Waals surface area (Å²) >= 11 is 0. The lowest BCUT2D eigenvalue weighted by Crippen LogP contribution is -2.28. The second-order valence-electron chi connectivity index (χ2n) is 4.26. The number of nitro groups is 1. The van der Waals surface area contributed by atoms with Gasteiger partial charge in [0.1, 0.15) is 0 Å². The highest BCUT2D eigenvalue weighted by Gasteiger charge is 2.15. The SMILES string of the molecule is CNc1ccc([N+](=O)[O-])cc1C(=O)NCCn1cccn1. The van der Waals surface area contributed by atoms with Gasteiger partial charge in [-0.1, -0.05) is 0 Å². The van der Waals surface area contributed by atoms with Crippen LogP contribution in [-0.4, -0.2) is 34.2 Å². The Labute approximate surface area is 120 Å². The normalized spacial score (nSPS) is 10.1. The minimum absolute atomic E-state index is 0.119. The van der Waals surface area contributed by atoms with Crippen molar-refractivity contribution in [2.75, 3.05) is 18.9 Å². The van der Waals surface area contributed by atoms with Gasteiger partial charge in [0.25, 0.3) is 11.6 Å². The van der Waals surface area contributed by atoms with Gasteiger partial charge in [0.2, 0.25) is 0 Å². The monoisotopic (exact) mass is 289 g/mol. The van der Waals surface area contributed by atoms with Gasteiger partial charge in [-0.05, 0) is 12.1 Å². The van der Waals surface area contributed by atoms with Gasteiger partial charge in [-0.15, -0.1) is 0 Å². The number of hydrogen-bond acceptors (Lipinski definition) is 5. The van der Waals surface area contributed by atoms with Crippen molar-refractivity contribution in [2.24, 2.45) is 0 Å². The van der Waals surface area contributed by atoms with E-state index in [9.17, 15) is 14.9 Å². The van der Waals surface area contributed by atoms with Crippen LogP contribution in [0.3, 0.4) is 0 Å². The summed E-state index contributed by atoms with van der Waals surface area (Å²) in [6.07, 6.45) is 3.44. The van der Waals surface area contributed by atoms with Crippen molar-refractivity contribution in [2.45, 2.75) is 6.54 Å². The third-order valence-corrected chi connectivity index (χ3v) is 2.91. The molecule has 2 N–H and O–H groups in total. The second kappa shape index (κ2) is 6.51. The molecule has 2 rings (SSSR count). The number of nitro benzene ring substituents is 1. The van der Waals surface area contributed by atoms with Gasteiger partial charge in [-0.2, -0.15) is 5.10 Å². The largest absolute Gasteiger partial charge is 0.387 e. The van der Waals surface area contributed by atoms with E-state index in [1.165, 1.54) is 18.2 Å². The lowest BCUT2D eigenvalue weighted by Gasteiger charge is -2.10. The lowest BCUT2D eigenvalue weighted by molar-refractivity contribution is -0.384. The van der Waals surface area contributed by atoms with Crippen LogP contribution in [-0.2, 0) is 6.54 Å². The van der Waals surface area contributed by atoms with Crippen molar-refractivity contribution in [3.63, 3.8) is 0 Å². The molecule has 0 spiro atoms. The van der Waals surface area contributed by atoms with Gasteiger partial charge < -0.3 is 10.6 Å². The highest BCUT2D eigenvalue weighted by atomic mass is 16.6. The zero-order valence-electron chi connectivity index (χ0n) is 11.4. The van der Waals surface area contributed by atoms with E-state index in [1.807, 2.05) is 0 Å². The minimum Gasteiger partial charge on any atom is -0.387 e. The Morgan fingerprint density at radius 3 is 2.90 bits per heavy atom. The summed E-state index contributed by atoms with van der Waals surface area (Å²) in [6.45, 7) is 0.912. The smallest absolute Gasteiger partial charge is 0.270 e. The number of anilines is 1. The molecule has 1 aromatic heterocycles. The molecule has 0 aliphatic carbocycles. The van der Waals surface area contributed by atoms with E-state index in [4.69, 9.17) is 0 Å². The van der Waals surface area contributed by atoms with Crippen molar-refractivity contribution in [1.29, 1.82) is 0 Å². The van der Waals surface area contributed by atoms with Crippen LogP contribution in [0.4, 0.5) is 11.4 Å². The predicted molar refractivity (Wildman–Crippen MR) is 77.2 cm³/mol. The van der Waals surface area contributed by atoms with E-state index >= 15 is 0 Å². The number of rotatable bonds is 6. The summed E-state index contributed by atoms with van der Waals surface area (Å²) in [5.74, 6) is -0.366. The topological polar surface area (TPSA) is 102 Å². The van der Waals surface area contributed by atoms with E-state index in [0.29, 0.717) is 18.8 Å². The van der Waals surface area contributed by atoms with Crippen molar-refractivity contribution in [1.82, 2.24) is 15.1 Å². The molecule has 8 nitrogen and oxygen atoms in total. The average Bonchev–Trinajstić information content (AvgIpc) is 2.99. The Kier molecular flexibility index (Phi) is 4.50. The molecule has 0 atom stereocenters. The molecule has 0 aliphatic rings. The Balaban J connectivity index is 2.06. The summed E-state index contributed by atoms with van der Waals surface area (Å²) in [5.41, 5.74) is 0.663. The Bertz CT molecular complexity index is 639. The Hall–Kier alpha value is -2.90. The molecule has 0 fully saturated rings. The van der Waals surface area contributed by atoms with Gasteiger partial charge >= 0.3 is 0 Å². The molecule has 2 aromatic rings. The van der Waals surface area contributed by atoms with E-state index in [1.54, 1.807) is 30.2 Å². The molecule has 0 radical (unpaired) electrons. The third-order valence-electron chi connectivity index (χ3n) is 2.91. The van der Waals surface area contributed by atoms with Gasteiger partial charge in [-0.25, -0.2) is 0 Å². The van der Waals surface area contributed by atoms with Crippen molar-refractivity contribution < 1.29 is 9.72 Å². The number of nitrogens with one attached hydrogen (secondary N) is 2. The maximum atomic E-state index is 12.1. The maximum absolute atomic E-state index is 12.1. The van der Waals surface area contributed by atoms with Crippen LogP contribution in [0.5, 0.6) is 0 Å². The van der Waals surface area contributed by atoms with Gasteiger partial charge in [0.05, 0.1) is 17.0 Å². The minimum atomic E-state index is -0.528. The number of benzene rings is 1. The quantitative estimate of drug-likeness (QED) is 0.615. The molecule has 1 heterocycles. The second-order valence-corrected chi connectivity index (χ2v) is 4.26. The summed E-state index contributed by atoms with van der Waals surface area (Å²) in [4.78, 5) is 22.4. The number of carbonyl (C=O) groups excluding carboxylic acids is 1. The van der Waals surface area contributed by atoms with Crippen molar-refractivity contribution >= 4 is 17.3 Å². The molecular weight excluding hydrogens is 274 g/mol. The van der Waals surface area contributed by atoms with Crippen LogP contribution >= 0.6 is 0 Å². The third kappa shape index (κ3) is 3.56. The number of non-ortho nitro benzene ring substituents is 1. The lowest BCUT2D eigenvalue weighted by atomic mass is 10.1. The van der Waals surface area contributed by atoms with E-state index < -0.39 is 4.92 Å². The summed E-state index contributed by atoms with van der Waals surface area (Å²) < 4.78 is 1.69. The standard InChI is InChI=1S/C13H15N5O3/c1-14-12-4-3-10(18(20)21)9-11(12)13(19)15-6-8-17-7-2-5-16-17/h2-5,7,9,14H,6,8H2,1H3,(H,15,19). The molecular formula is C13H15N5O3. The molecule has 0 saturated carbocycles. The number of hydrogen-bond donors (Lipinski definition) is 2. The predicted octanol–water partition coefficient (Wildman–Crippen LogP) is 1.26. The van der Waals surface area contributed by atoms with E-state index in [-0.39, 0.29) is 17.2 Å². The van der Waals surface area contributed by atoms with Gasteiger partial charge in [-0.3, -0.25) is 19.6 Å². The number of amides is 1.